The van der Waals surface area contributed by atoms with Crippen LogP contribution in [0, 0.1) is 0 Å². The van der Waals surface area contributed by atoms with Crippen LogP contribution >= 0.6 is 27.5 Å². The molecule has 0 aliphatic carbocycles. The van der Waals surface area contributed by atoms with Crippen molar-refractivity contribution >= 4 is 27.5 Å². The summed E-state index contributed by atoms with van der Waals surface area (Å²) in [6, 6.07) is 6.25. The van der Waals surface area contributed by atoms with Gasteiger partial charge in [0.1, 0.15) is 0 Å². The molecule has 94 valence electrons. The minimum atomic E-state index is -0.647. The van der Waals surface area contributed by atoms with Crippen LogP contribution in [0.25, 0.3) is 0 Å². The fourth-order valence-electron chi connectivity index (χ4n) is 2.54. The van der Waals surface area contributed by atoms with E-state index in [-0.39, 0.29) is 0 Å². The molecule has 1 heterocycles. The molecule has 0 spiro atoms. The molecule has 17 heavy (non-hydrogen) atoms. The highest BCUT2D eigenvalue weighted by Crippen LogP contribution is 2.32. The van der Waals surface area contributed by atoms with Gasteiger partial charge >= 0.3 is 0 Å². The molecule has 0 bridgehead atoms. The van der Waals surface area contributed by atoms with Gasteiger partial charge in [-0.15, -0.1) is 0 Å². The quantitative estimate of drug-likeness (QED) is 0.906. The van der Waals surface area contributed by atoms with Crippen molar-refractivity contribution in [1.29, 1.82) is 0 Å². The van der Waals surface area contributed by atoms with Crippen LogP contribution < -0.4 is 0 Å². The van der Waals surface area contributed by atoms with Crippen molar-refractivity contribution in [2.24, 2.45) is 0 Å². The molecule has 2 rings (SSSR count). The Kier molecular flexibility index (Phi) is 3.83. The van der Waals surface area contributed by atoms with Crippen molar-refractivity contribution in [1.82, 2.24) is 4.90 Å². The van der Waals surface area contributed by atoms with Crippen LogP contribution in [-0.4, -0.2) is 35.2 Å². The first-order valence-corrected chi connectivity index (χ1v) is 6.93. The summed E-state index contributed by atoms with van der Waals surface area (Å²) >= 11 is 9.57. The smallest absolute Gasteiger partial charge is 0.0829 e. The molecule has 0 amide bonds. The zero-order valence-corrected chi connectivity index (χ0v) is 12.4. The van der Waals surface area contributed by atoms with Gasteiger partial charge in [0.25, 0.3) is 0 Å². The number of β-amino-alcohol motifs (C(OH)–C–C–N with tert-alkyl or cyclic N) is 1. The maximum absolute atomic E-state index is 10.6. The van der Waals surface area contributed by atoms with E-state index in [0.717, 1.165) is 21.5 Å². The number of nitrogens with zero attached hydrogens (tertiary/aromatic N) is 1. The van der Waals surface area contributed by atoms with Crippen LogP contribution in [0.2, 0.25) is 5.02 Å². The first-order chi connectivity index (χ1) is 7.89. The summed E-state index contributed by atoms with van der Waals surface area (Å²) in [6.07, 6.45) is 1.42. The summed E-state index contributed by atoms with van der Waals surface area (Å²) < 4.78 is 0.968. The van der Waals surface area contributed by atoms with Gasteiger partial charge in [-0.2, -0.15) is 0 Å². The van der Waals surface area contributed by atoms with Gasteiger partial charge in [0.2, 0.25) is 0 Å². The van der Waals surface area contributed by atoms with Gasteiger partial charge in [0.05, 0.1) is 5.60 Å². The minimum Gasteiger partial charge on any atom is -0.388 e. The van der Waals surface area contributed by atoms with Gasteiger partial charge in [-0.05, 0) is 38.1 Å². The first-order valence-electron chi connectivity index (χ1n) is 5.76. The monoisotopic (exact) mass is 317 g/mol. The minimum absolute atomic E-state index is 0.425. The van der Waals surface area contributed by atoms with E-state index >= 15 is 0 Å². The highest BCUT2D eigenvalue weighted by Gasteiger charge is 2.39. The predicted octanol–water partition coefficient (Wildman–Crippen LogP) is 3.10. The van der Waals surface area contributed by atoms with Gasteiger partial charge in [-0.1, -0.05) is 33.6 Å². The molecule has 2 unspecified atom stereocenters. The number of halogens is 2. The van der Waals surface area contributed by atoms with E-state index in [0.29, 0.717) is 19.0 Å². The maximum Gasteiger partial charge on any atom is 0.0829 e. The molecule has 0 saturated carbocycles. The Labute approximate surface area is 116 Å². The molecular formula is C13H17BrClNO. The Morgan fingerprint density at radius 3 is 2.82 bits per heavy atom. The van der Waals surface area contributed by atoms with Crippen LogP contribution in [0.5, 0.6) is 0 Å². The van der Waals surface area contributed by atoms with E-state index in [9.17, 15) is 5.11 Å². The summed E-state index contributed by atoms with van der Waals surface area (Å²) in [6.45, 7) is 2.85. The highest BCUT2D eigenvalue weighted by atomic mass is 79.9. The molecule has 1 aromatic carbocycles. The molecule has 1 N–H and O–H groups in total. The second-order valence-corrected chi connectivity index (χ2v) is 6.43. The fourth-order valence-corrected chi connectivity index (χ4v) is 3.28. The van der Waals surface area contributed by atoms with Gasteiger partial charge in [0.15, 0.2) is 0 Å². The van der Waals surface area contributed by atoms with E-state index < -0.39 is 5.60 Å². The number of hydrogen-bond donors (Lipinski definition) is 1. The second kappa shape index (κ2) is 4.88. The van der Waals surface area contributed by atoms with Gasteiger partial charge in [-0.25, -0.2) is 0 Å². The molecular weight excluding hydrogens is 302 g/mol. The van der Waals surface area contributed by atoms with E-state index in [4.69, 9.17) is 11.6 Å². The third-order valence-corrected chi connectivity index (χ3v) is 4.35. The molecule has 1 aliphatic heterocycles. The van der Waals surface area contributed by atoms with Crippen molar-refractivity contribution in [2.75, 3.05) is 13.6 Å². The lowest BCUT2D eigenvalue weighted by Crippen LogP contribution is -2.34. The first kappa shape index (κ1) is 13.3. The summed E-state index contributed by atoms with van der Waals surface area (Å²) in [5, 5.41) is 11.3. The Morgan fingerprint density at radius 1 is 1.59 bits per heavy atom. The zero-order chi connectivity index (χ0) is 12.6. The van der Waals surface area contributed by atoms with Crippen molar-refractivity contribution in [2.45, 2.75) is 31.4 Å². The second-order valence-electron chi connectivity index (χ2n) is 5.11. The van der Waals surface area contributed by atoms with E-state index in [2.05, 4.69) is 27.8 Å². The normalized spacial score (nSPS) is 29.8. The number of hydrogen-bond acceptors (Lipinski definition) is 2. The lowest BCUT2D eigenvalue weighted by Gasteiger charge is -2.23. The van der Waals surface area contributed by atoms with Crippen LogP contribution in [0.1, 0.15) is 18.9 Å². The Morgan fingerprint density at radius 2 is 2.29 bits per heavy atom. The topological polar surface area (TPSA) is 23.5 Å². The molecule has 1 aromatic rings. The zero-order valence-electron chi connectivity index (χ0n) is 10.1. The van der Waals surface area contributed by atoms with E-state index in [1.165, 1.54) is 0 Å². The van der Waals surface area contributed by atoms with Crippen LogP contribution in [0.15, 0.2) is 22.7 Å². The van der Waals surface area contributed by atoms with Crippen molar-refractivity contribution < 1.29 is 5.11 Å². The third-order valence-electron chi connectivity index (χ3n) is 3.51. The number of likely N-dealkylation sites (tertiary alicyclic amines) is 1. The SMILES string of the molecule is CC1CC(O)(Cc2ccc(Br)cc2Cl)CN1C. The predicted molar refractivity (Wildman–Crippen MR) is 74.5 cm³/mol. The van der Waals surface area contributed by atoms with E-state index in [1.54, 1.807) is 0 Å². The van der Waals surface area contributed by atoms with Crippen molar-refractivity contribution in [3.05, 3.63) is 33.3 Å². The third kappa shape index (κ3) is 3.02. The number of rotatable bonds is 2. The van der Waals surface area contributed by atoms with Crippen molar-refractivity contribution in [3.8, 4) is 0 Å². The molecule has 0 aromatic heterocycles. The fraction of sp³-hybridized carbons (Fsp3) is 0.538. The largest absolute Gasteiger partial charge is 0.388 e. The molecule has 4 heteroatoms. The summed E-state index contributed by atoms with van der Waals surface area (Å²) in [5.74, 6) is 0. The molecule has 1 fully saturated rings. The molecule has 2 nitrogen and oxygen atoms in total. The Bertz CT molecular complexity index is 414. The Hall–Kier alpha value is -0.0900. The lowest BCUT2D eigenvalue weighted by molar-refractivity contribution is 0.0521. The summed E-state index contributed by atoms with van der Waals surface area (Å²) in [4.78, 5) is 2.19. The van der Waals surface area contributed by atoms with Crippen LogP contribution in [-0.2, 0) is 6.42 Å². The van der Waals surface area contributed by atoms with Crippen LogP contribution in [0.3, 0.4) is 0 Å². The molecule has 0 radical (unpaired) electrons. The Balaban J connectivity index is 2.16. The standard InChI is InChI=1S/C13H17BrClNO/c1-9-6-13(17,8-16(9)2)7-10-3-4-11(14)5-12(10)15/h3-5,9,17H,6-8H2,1-2H3. The van der Waals surface area contributed by atoms with Gasteiger partial charge < -0.3 is 10.0 Å². The average molecular weight is 319 g/mol. The molecule has 1 aliphatic rings. The summed E-state index contributed by atoms with van der Waals surface area (Å²) in [5.41, 5.74) is 0.367. The van der Waals surface area contributed by atoms with Gasteiger partial charge in [-0.3, -0.25) is 0 Å². The maximum atomic E-state index is 10.6. The van der Waals surface area contributed by atoms with Crippen molar-refractivity contribution in [3.63, 3.8) is 0 Å². The number of likely N-dealkylation sites (N-methyl/N-ethyl adjacent to an activating group) is 1. The number of benzene rings is 1. The highest BCUT2D eigenvalue weighted by molar-refractivity contribution is 9.10. The molecule has 1 saturated heterocycles. The van der Waals surface area contributed by atoms with Crippen LogP contribution in [0.4, 0.5) is 0 Å². The summed E-state index contributed by atoms with van der Waals surface area (Å²) in [7, 11) is 2.05. The van der Waals surface area contributed by atoms with Gasteiger partial charge in [0, 0.05) is 28.5 Å². The average Bonchev–Trinajstić information content (AvgIpc) is 2.46. The number of aliphatic hydroxyl groups is 1. The van der Waals surface area contributed by atoms with E-state index in [1.807, 2.05) is 25.2 Å². The lowest BCUT2D eigenvalue weighted by atomic mass is 9.92. The molecule has 2 atom stereocenters.